The molecule has 0 aliphatic rings. The third kappa shape index (κ3) is 2.93. The van der Waals surface area contributed by atoms with Gasteiger partial charge in [-0.3, -0.25) is 4.79 Å². The van der Waals surface area contributed by atoms with E-state index in [1.165, 1.54) is 6.92 Å². The van der Waals surface area contributed by atoms with Crippen LogP contribution >= 0.6 is 27.5 Å². The van der Waals surface area contributed by atoms with Crippen molar-refractivity contribution in [2.24, 2.45) is 5.92 Å². The van der Waals surface area contributed by atoms with Gasteiger partial charge in [-0.1, -0.05) is 27.5 Å². The molecule has 0 aliphatic heterocycles. The molecule has 0 saturated heterocycles. The first kappa shape index (κ1) is 12.5. The number of carboxylic acid groups (broad SMARTS) is 1. The summed E-state index contributed by atoms with van der Waals surface area (Å²) in [6, 6.07) is 4.89. The van der Waals surface area contributed by atoms with Gasteiger partial charge in [0.25, 0.3) is 0 Å². The maximum Gasteiger partial charge on any atom is 0.309 e. The van der Waals surface area contributed by atoms with E-state index in [1.807, 2.05) is 0 Å². The molecule has 5 heteroatoms. The van der Waals surface area contributed by atoms with Crippen molar-refractivity contribution in [2.75, 3.05) is 0 Å². The van der Waals surface area contributed by atoms with Crippen molar-refractivity contribution in [3.05, 3.63) is 33.3 Å². The number of hydrogen-bond donors (Lipinski definition) is 2. The second kappa shape index (κ2) is 4.96. The zero-order valence-corrected chi connectivity index (χ0v) is 10.3. The quantitative estimate of drug-likeness (QED) is 0.901. The van der Waals surface area contributed by atoms with Crippen molar-refractivity contribution in [2.45, 2.75) is 13.0 Å². The van der Waals surface area contributed by atoms with Crippen molar-refractivity contribution < 1.29 is 15.0 Å². The molecule has 0 radical (unpaired) electrons. The molecule has 0 amide bonds. The largest absolute Gasteiger partial charge is 0.481 e. The van der Waals surface area contributed by atoms with Crippen LogP contribution in [0, 0.1) is 5.92 Å². The first-order valence-electron chi connectivity index (χ1n) is 4.29. The predicted molar refractivity (Wildman–Crippen MR) is 60.9 cm³/mol. The van der Waals surface area contributed by atoms with Crippen molar-refractivity contribution in [3.63, 3.8) is 0 Å². The second-order valence-corrected chi connectivity index (χ2v) is 4.53. The Kier molecular flexibility index (Phi) is 4.13. The molecule has 1 aromatic carbocycles. The van der Waals surface area contributed by atoms with Crippen LogP contribution in [0.3, 0.4) is 0 Å². The molecule has 15 heavy (non-hydrogen) atoms. The van der Waals surface area contributed by atoms with E-state index in [4.69, 9.17) is 16.7 Å². The minimum absolute atomic E-state index is 0.463. The normalized spacial score (nSPS) is 14.7. The summed E-state index contributed by atoms with van der Waals surface area (Å²) < 4.78 is 0.646. The molecule has 2 atom stereocenters. The van der Waals surface area contributed by atoms with E-state index >= 15 is 0 Å². The molecule has 2 N–H and O–H groups in total. The van der Waals surface area contributed by atoms with E-state index in [-0.39, 0.29) is 0 Å². The Balaban J connectivity index is 3.04. The first-order chi connectivity index (χ1) is 6.93. The number of rotatable bonds is 3. The minimum Gasteiger partial charge on any atom is -0.481 e. The van der Waals surface area contributed by atoms with Crippen molar-refractivity contribution in [1.82, 2.24) is 0 Å². The van der Waals surface area contributed by atoms with Crippen molar-refractivity contribution in [1.29, 1.82) is 0 Å². The maximum atomic E-state index is 10.7. The Hall–Kier alpha value is -0.580. The Labute approximate surface area is 101 Å². The van der Waals surface area contributed by atoms with Crippen LogP contribution in [0.4, 0.5) is 0 Å². The Morgan fingerprint density at radius 1 is 1.53 bits per heavy atom. The summed E-state index contributed by atoms with van der Waals surface area (Å²) in [6.45, 7) is 1.44. The topological polar surface area (TPSA) is 57.5 Å². The average molecular weight is 294 g/mol. The SMILES string of the molecule is CC(C(=O)O)C(O)c1cc(Cl)ccc1Br. The van der Waals surface area contributed by atoms with E-state index in [0.29, 0.717) is 15.1 Å². The molecule has 3 nitrogen and oxygen atoms in total. The number of aliphatic carboxylic acids is 1. The smallest absolute Gasteiger partial charge is 0.309 e. The van der Waals surface area contributed by atoms with Crippen LogP contribution in [-0.2, 0) is 4.79 Å². The Morgan fingerprint density at radius 2 is 2.13 bits per heavy atom. The van der Waals surface area contributed by atoms with E-state index in [2.05, 4.69) is 15.9 Å². The molecular weight excluding hydrogens is 283 g/mol. The first-order valence-corrected chi connectivity index (χ1v) is 5.46. The van der Waals surface area contributed by atoms with Crippen molar-refractivity contribution in [3.8, 4) is 0 Å². The lowest BCUT2D eigenvalue weighted by Crippen LogP contribution is -2.18. The van der Waals surface area contributed by atoms with Gasteiger partial charge in [0.1, 0.15) is 0 Å². The zero-order chi connectivity index (χ0) is 11.6. The van der Waals surface area contributed by atoms with Crippen LogP contribution in [0.25, 0.3) is 0 Å². The standard InChI is InChI=1S/C10H10BrClO3/c1-5(10(14)15)9(13)7-4-6(12)2-3-8(7)11/h2-5,9,13H,1H3,(H,14,15). The van der Waals surface area contributed by atoms with Gasteiger partial charge in [-0.15, -0.1) is 0 Å². The number of halogens is 2. The van der Waals surface area contributed by atoms with Gasteiger partial charge >= 0.3 is 5.97 Å². The highest BCUT2D eigenvalue weighted by Crippen LogP contribution is 2.30. The molecule has 0 spiro atoms. The zero-order valence-electron chi connectivity index (χ0n) is 7.95. The van der Waals surface area contributed by atoms with Crippen LogP contribution in [0.5, 0.6) is 0 Å². The van der Waals surface area contributed by atoms with Gasteiger partial charge in [0.2, 0.25) is 0 Å². The van der Waals surface area contributed by atoms with Crippen LogP contribution in [0.15, 0.2) is 22.7 Å². The third-order valence-electron chi connectivity index (χ3n) is 2.14. The molecule has 82 valence electrons. The van der Waals surface area contributed by atoms with Crippen LogP contribution in [0.1, 0.15) is 18.6 Å². The van der Waals surface area contributed by atoms with Crippen LogP contribution < -0.4 is 0 Å². The highest BCUT2D eigenvalue weighted by molar-refractivity contribution is 9.10. The van der Waals surface area contributed by atoms with Gasteiger partial charge in [0.05, 0.1) is 12.0 Å². The van der Waals surface area contributed by atoms with E-state index < -0.39 is 18.0 Å². The number of hydrogen-bond acceptors (Lipinski definition) is 2. The van der Waals surface area contributed by atoms with E-state index in [0.717, 1.165) is 0 Å². The molecular formula is C10H10BrClO3. The lowest BCUT2D eigenvalue weighted by molar-refractivity contribution is -0.145. The van der Waals surface area contributed by atoms with Crippen molar-refractivity contribution >= 4 is 33.5 Å². The van der Waals surface area contributed by atoms with E-state index in [9.17, 15) is 9.90 Å². The number of carbonyl (C=O) groups is 1. The monoisotopic (exact) mass is 292 g/mol. The Bertz CT molecular complexity index is 381. The fraction of sp³-hybridized carbons (Fsp3) is 0.300. The summed E-state index contributed by atoms with van der Waals surface area (Å²) in [7, 11) is 0. The predicted octanol–water partition coefficient (Wildman–Crippen LogP) is 2.86. The molecule has 0 bridgehead atoms. The maximum absolute atomic E-state index is 10.7. The molecule has 1 rings (SSSR count). The summed E-state index contributed by atoms with van der Waals surface area (Å²) in [4.78, 5) is 10.7. The number of aliphatic hydroxyl groups excluding tert-OH is 1. The summed E-state index contributed by atoms with van der Waals surface area (Å²) in [5, 5.41) is 19.0. The minimum atomic E-state index is -1.07. The number of carboxylic acids is 1. The summed E-state index contributed by atoms with van der Waals surface area (Å²) in [6.07, 6.45) is -1.07. The molecule has 1 aromatic rings. The Morgan fingerprint density at radius 3 is 2.67 bits per heavy atom. The van der Waals surface area contributed by atoms with Gasteiger partial charge in [-0.25, -0.2) is 0 Å². The van der Waals surface area contributed by atoms with Gasteiger partial charge < -0.3 is 10.2 Å². The number of benzene rings is 1. The van der Waals surface area contributed by atoms with Gasteiger partial charge in [0, 0.05) is 9.50 Å². The highest BCUT2D eigenvalue weighted by atomic mass is 79.9. The number of aliphatic hydroxyl groups is 1. The van der Waals surface area contributed by atoms with Gasteiger partial charge in [-0.2, -0.15) is 0 Å². The van der Waals surface area contributed by atoms with E-state index in [1.54, 1.807) is 18.2 Å². The molecule has 0 heterocycles. The van der Waals surface area contributed by atoms with Crippen LogP contribution in [-0.4, -0.2) is 16.2 Å². The molecule has 0 saturated carbocycles. The lowest BCUT2D eigenvalue weighted by atomic mass is 9.98. The average Bonchev–Trinajstić information content (AvgIpc) is 2.19. The second-order valence-electron chi connectivity index (χ2n) is 3.24. The fourth-order valence-electron chi connectivity index (χ4n) is 1.15. The van der Waals surface area contributed by atoms with Crippen LogP contribution in [0.2, 0.25) is 5.02 Å². The molecule has 0 fully saturated rings. The molecule has 2 unspecified atom stereocenters. The molecule has 0 aromatic heterocycles. The highest BCUT2D eigenvalue weighted by Gasteiger charge is 2.24. The van der Waals surface area contributed by atoms with Gasteiger partial charge in [0.15, 0.2) is 0 Å². The molecule has 0 aliphatic carbocycles. The van der Waals surface area contributed by atoms with Gasteiger partial charge in [-0.05, 0) is 30.7 Å². The lowest BCUT2D eigenvalue weighted by Gasteiger charge is -2.16. The fourth-order valence-corrected chi connectivity index (χ4v) is 1.81. The third-order valence-corrected chi connectivity index (χ3v) is 3.10. The summed E-state index contributed by atoms with van der Waals surface area (Å²) in [5.41, 5.74) is 0.484. The summed E-state index contributed by atoms with van der Waals surface area (Å²) >= 11 is 9.00. The summed E-state index contributed by atoms with van der Waals surface area (Å²) in [5.74, 6) is -1.92.